The predicted octanol–water partition coefficient (Wildman–Crippen LogP) is 4.23. The molecule has 0 spiro atoms. The van der Waals surface area contributed by atoms with Crippen molar-refractivity contribution in [2.75, 3.05) is 26.7 Å². The number of rotatable bonds is 4. The van der Waals surface area contributed by atoms with Crippen LogP contribution >= 0.6 is 12.4 Å². The van der Waals surface area contributed by atoms with Crippen LogP contribution in [0.2, 0.25) is 0 Å². The quantitative estimate of drug-likeness (QED) is 0.881. The van der Waals surface area contributed by atoms with Gasteiger partial charge in [-0.25, -0.2) is 0 Å². The van der Waals surface area contributed by atoms with Crippen molar-refractivity contribution in [3.05, 3.63) is 35.4 Å². The molecule has 1 aliphatic heterocycles. The van der Waals surface area contributed by atoms with E-state index in [0.29, 0.717) is 5.92 Å². The van der Waals surface area contributed by atoms with E-state index in [2.05, 4.69) is 17.4 Å². The van der Waals surface area contributed by atoms with Crippen molar-refractivity contribution in [3.63, 3.8) is 0 Å². The minimum atomic E-state index is 0. The number of carbonyl (C=O) groups excluding carboxylic acids is 1. The Balaban J connectivity index is 0.00000208. The van der Waals surface area contributed by atoms with Crippen LogP contribution in [0.25, 0.3) is 0 Å². The molecule has 2 aliphatic rings. The van der Waals surface area contributed by atoms with Gasteiger partial charge in [0.25, 0.3) is 5.91 Å². The van der Waals surface area contributed by atoms with E-state index in [-0.39, 0.29) is 18.3 Å². The Morgan fingerprint density at radius 1 is 1.04 bits per heavy atom. The van der Waals surface area contributed by atoms with Crippen molar-refractivity contribution in [3.8, 4) is 0 Å². The molecule has 0 radical (unpaired) electrons. The number of hydrogen-bond acceptors (Lipinski definition) is 2. The van der Waals surface area contributed by atoms with Crippen LogP contribution in [-0.4, -0.2) is 37.5 Å². The standard InChI is InChI=1S/C20H30N2O.ClH/c1-21-15-16-11-13-22(14-12-16)20(23)19-9-7-18(8-10-19)17-5-3-2-4-6-17;/h7-10,16-17,21H,2-6,11-15H2,1H3;1H. The molecule has 134 valence electrons. The number of nitrogens with one attached hydrogen (secondary N) is 1. The first kappa shape index (κ1) is 19.3. The number of likely N-dealkylation sites (tertiary alicyclic amines) is 1. The molecule has 1 saturated heterocycles. The molecule has 24 heavy (non-hydrogen) atoms. The van der Waals surface area contributed by atoms with Gasteiger partial charge in [-0.15, -0.1) is 12.4 Å². The van der Waals surface area contributed by atoms with Gasteiger partial charge in [-0.3, -0.25) is 4.79 Å². The average molecular weight is 351 g/mol. The lowest BCUT2D eigenvalue weighted by molar-refractivity contribution is 0.0691. The molecular formula is C20H31ClN2O. The van der Waals surface area contributed by atoms with Crippen LogP contribution in [-0.2, 0) is 0 Å². The first-order chi connectivity index (χ1) is 11.3. The van der Waals surface area contributed by atoms with Crippen LogP contribution in [0.1, 0.15) is 66.8 Å². The monoisotopic (exact) mass is 350 g/mol. The summed E-state index contributed by atoms with van der Waals surface area (Å²) in [6, 6.07) is 8.48. The highest BCUT2D eigenvalue weighted by Gasteiger charge is 2.23. The van der Waals surface area contributed by atoms with Crippen molar-refractivity contribution in [2.24, 2.45) is 5.92 Å². The van der Waals surface area contributed by atoms with Crippen LogP contribution in [0.15, 0.2) is 24.3 Å². The second kappa shape index (κ2) is 9.43. The molecule has 0 unspecified atom stereocenters. The van der Waals surface area contributed by atoms with Gasteiger partial charge in [0.2, 0.25) is 0 Å². The molecule has 0 atom stereocenters. The van der Waals surface area contributed by atoms with Crippen LogP contribution in [0.4, 0.5) is 0 Å². The maximum Gasteiger partial charge on any atom is 0.253 e. The van der Waals surface area contributed by atoms with E-state index in [4.69, 9.17) is 0 Å². The van der Waals surface area contributed by atoms with Crippen molar-refractivity contribution in [1.29, 1.82) is 0 Å². The van der Waals surface area contributed by atoms with Gasteiger partial charge in [-0.1, -0.05) is 31.4 Å². The summed E-state index contributed by atoms with van der Waals surface area (Å²) in [5, 5.41) is 3.25. The largest absolute Gasteiger partial charge is 0.339 e. The topological polar surface area (TPSA) is 32.3 Å². The molecule has 2 fully saturated rings. The summed E-state index contributed by atoms with van der Waals surface area (Å²) < 4.78 is 0. The second-order valence-electron chi connectivity index (χ2n) is 7.25. The summed E-state index contributed by atoms with van der Waals surface area (Å²) >= 11 is 0. The number of nitrogens with zero attached hydrogens (tertiary/aromatic N) is 1. The van der Waals surface area contributed by atoms with Gasteiger partial charge in [0.15, 0.2) is 0 Å². The van der Waals surface area contributed by atoms with Crippen molar-refractivity contribution < 1.29 is 4.79 Å². The first-order valence-corrected chi connectivity index (χ1v) is 9.32. The summed E-state index contributed by atoms with van der Waals surface area (Å²) in [5.41, 5.74) is 2.28. The smallest absolute Gasteiger partial charge is 0.253 e. The number of piperidine rings is 1. The highest BCUT2D eigenvalue weighted by Crippen LogP contribution is 2.32. The van der Waals surface area contributed by atoms with E-state index in [9.17, 15) is 4.79 Å². The number of amides is 1. The maximum absolute atomic E-state index is 12.7. The minimum absolute atomic E-state index is 0. The molecule has 1 aromatic rings. The zero-order valence-electron chi connectivity index (χ0n) is 14.8. The summed E-state index contributed by atoms with van der Waals surface area (Å²) in [5.74, 6) is 1.64. The SMILES string of the molecule is CNCC1CCN(C(=O)c2ccc(C3CCCCC3)cc2)CC1.Cl. The van der Waals surface area contributed by atoms with Crippen molar-refractivity contribution in [2.45, 2.75) is 50.9 Å². The maximum atomic E-state index is 12.7. The molecule has 1 amide bonds. The highest BCUT2D eigenvalue weighted by atomic mass is 35.5. The molecule has 4 heteroatoms. The normalized spacial score (nSPS) is 19.8. The lowest BCUT2D eigenvalue weighted by Gasteiger charge is -2.32. The molecule has 1 heterocycles. The van der Waals surface area contributed by atoms with Crippen molar-refractivity contribution in [1.82, 2.24) is 10.2 Å². The fourth-order valence-electron chi connectivity index (χ4n) is 4.15. The fraction of sp³-hybridized carbons (Fsp3) is 0.650. The van der Waals surface area contributed by atoms with Gasteiger partial charge in [0, 0.05) is 18.7 Å². The van der Waals surface area contributed by atoms with E-state index < -0.39 is 0 Å². The second-order valence-corrected chi connectivity index (χ2v) is 7.25. The Morgan fingerprint density at radius 3 is 2.25 bits per heavy atom. The Labute approximate surface area is 152 Å². The van der Waals surface area contributed by atoms with E-state index in [1.54, 1.807) is 0 Å². The van der Waals surface area contributed by atoms with E-state index in [1.807, 2.05) is 24.1 Å². The van der Waals surface area contributed by atoms with Crippen LogP contribution in [0.3, 0.4) is 0 Å². The Morgan fingerprint density at radius 2 is 1.67 bits per heavy atom. The van der Waals surface area contributed by atoms with Gasteiger partial charge in [0.1, 0.15) is 0 Å². The van der Waals surface area contributed by atoms with Gasteiger partial charge in [-0.05, 0) is 68.8 Å². The highest BCUT2D eigenvalue weighted by molar-refractivity contribution is 5.94. The minimum Gasteiger partial charge on any atom is -0.339 e. The summed E-state index contributed by atoms with van der Waals surface area (Å²) in [7, 11) is 2.01. The molecule has 3 rings (SSSR count). The van der Waals surface area contributed by atoms with Crippen LogP contribution in [0, 0.1) is 5.92 Å². The third-order valence-corrected chi connectivity index (χ3v) is 5.63. The van der Waals surface area contributed by atoms with Crippen LogP contribution < -0.4 is 5.32 Å². The Bertz CT molecular complexity index is 503. The zero-order valence-corrected chi connectivity index (χ0v) is 15.6. The molecule has 1 saturated carbocycles. The number of hydrogen-bond donors (Lipinski definition) is 1. The first-order valence-electron chi connectivity index (χ1n) is 9.32. The molecule has 1 aliphatic carbocycles. The van der Waals surface area contributed by atoms with E-state index in [1.165, 1.54) is 37.7 Å². The average Bonchev–Trinajstić information content (AvgIpc) is 2.63. The summed E-state index contributed by atoms with van der Waals surface area (Å²) in [6.07, 6.45) is 8.95. The number of halogens is 1. The van der Waals surface area contributed by atoms with Crippen LogP contribution in [0.5, 0.6) is 0 Å². The molecular weight excluding hydrogens is 320 g/mol. The van der Waals surface area contributed by atoms with E-state index >= 15 is 0 Å². The zero-order chi connectivity index (χ0) is 16.1. The molecule has 0 aromatic heterocycles. The molecule has 1 N–H and O–H groups in total. The molecule has 1 aromatic carbocycles. The van der Waals surface area contributed by atoms with Gasteiger partial charge < -0.3 is 10.2 Å². The number of carbonyl (C=O) groups is 1. The Kier molecular flexibility index (Phi) is 7.57. The van der Waals surface area contributed by atoms with Gasteiger partial charge >= 0.3 is 0 Å². The predicted molar refractivity (Wildman–Crippen MR) is 102 cm³/mol. The lowest BCUT2D eigenvalue weighted by Crippen LogP contribution is -2.40. The summed E-state index contributed by atoms with van der Waals surface area (Å²) in [6.45, 7) is 2.86. The fourth-order valence-corrected chi connectivity index (χ4v) is 4.15. The van der Waals surface area contributed by atoms with Gasteiger partial charge in [0.05, 0.1) is 0 Å². The third-order valence-electron chi connectivity index (χ3n) is 5.63. The van der Waals surface area contributed by atoms with Gasteiger partial charge in [-0.2, -0.15) is 0 Å². The summed E-state index contributed by atoms with van der Waals surface area (Å²) in [4.78, 5) is 14.7. The van der Waals surface area contributed by atoms with Crippen molar-refractivity contribution >= 4 is 18.3 Å². The third kappa shape index (κ3) is 4.73. The lowest BCUT2D eigenvalue weighted by atomic mass is 9.84. The number of benzene rings is 1. The molecule has 3 nitrogen and oxygen atoms in total. The molecule has 0 bridgehead atoms. The Hall–Kier alpha value is -1.06. The van der Waals surface area contributed by atoms with E-state index in [0.717, 1.165) is 44.0 Å².